The zero-order valence-electron chi connectivity index (χ0n) is 12.1. The first-order valence-corrected chi connectivity index (χ1v) is 6.99. The van der Waals surface area contributed by atoms with Crippen LogP contribution in [0.15, 0.2) is 22.6 Å². The van der Waals surface area contributed by atoms with E-state index in [0.717, 1.165) is 24.9 Å². The summed E-state index contributed by atoms with van der Waals surface area (Å²) in [5, 5.41) is 11.5. The number of benzene rings is 1. The fourth-order valence-electron chi connectivity index (χ4n) is 1.99. The second kappa shape index (κ2) is 6.61. The largest absolute Gasteiger partial charge is 0.419 e. The van der Waals surface area contributed by atoms with Gasteiger partial charge in [-0.1, -0.05) is 13.8 Å². The van der Waals surface area contributed by atoms with Crippen LogP contribution in [0.25, 0.3) is 11.5 Å². The molecule has 1 unspecified atom stereocenters. The summed E-state index contributed by atoms with van der Waals surface area (Å²) in [4.78, 5) is 0. The van der Waals surface area contributed by atoms with Gasteiger partial charge in [-0.2, -0.15) is 0 Å². The van der Waals surface area contributed by atoms with Gasteiger partial charge in [-0.3, -0.25) is 0 Å². The number of aromatic nitrogens is 2. The van der Waals surface area contributed by atoms with Crippen LogP contribution in [0.3, 0.4) is 0 Å². The van der Waals surface area contributed by atoms with Crippen molar-refractivity contribution in [1.29, 1.82) is 0 Å². The van der Waals surface area contributed by atoms with Gasteiger partial charge < -0.3 is 9.73 Å². The zero-order chi connectivity index (χ0) is 14.5. The highest BCUT2D eigenvalue weighted by Gasteiger charge is 2.17. The zero-order valence-corrected chi connectivity index (χ0v) is 12.1. The number of halogens is 1. The van der Waals surface area contributed by atoms with Crippen LogP contribution < -0.4 is 5.32 Å². The lowest BCUT2D eigenvalue weighted by Crippen LogP contribution is -2.21. The predicted molar refractivity (Wildman–Crippen MR) is 75.8 cm³/mol. The molecule has 2 aromatic rings. The molecule has 0 aliphatic heterocycles. The summed E-state index contributed by atoms with van der Waals surface area (Å²) in [6.45, 7) is 6.80. The van der Waals surface area contributed by atoms with E-state index in [1.807, 2.05) is 0 Å². The predicted octanol–water partition coefficient (Wildman–Crippen LogP) is 3.63. The highest BCUT2D eigenvalue weighted by atomic mass is 19.1. The van der Waals surface area contributed by atoms with Gasteiger partial charge in [-0.25, -0.2) is 4.39 Å². The second-order valence-electron chi connectivity index (χ2n) is 4.82. The van der Waals surface area contributed by atoms with Crippen molar-refractivity contribution in [2.24, 2.45) is 0 Å². The molecular formula is C15H20FN3O. The van der Waals surface area contributed by atoms with Crippen LogP contribution in [0, 0.1) is 12.7 Å². The molecule has 0 radical (unpaired) electrons. The van der Waals surface area contributed by atoms with E-state index in [1.54, 1.807) is 19.1 Å². The van der Waals surface area contributed by atoms with E-state index in [0.29, 0.717) is 17.3 Å². The van der Waals surface area contributed by atoms with Gasteiger partial charge in [0.2, 0.25) is 11.8 Å². The summed E-state index contributed by atoms with van der Waals surface area (Å²) in [5.74, 6) is 0.780. The van der Waals surface area contributed by atoms with Crippen molar-refractivity contribution in [1.82, 2.24) is 15.5 Å². The Labute approximate surface area is 118 Å². The molecule has 0 amide bonds. The van der Waals surface area contributed by atoms with Gasteiger partial charge in [0.05, 0.1) is 6.04 Å². The van der Waals surface area contributed by atoms with Gasteiger partial charge in [0.25, 0.3) is 0 Å². The van der Waals surface area contributed by atoms with E-state index in [1.165, 1.54) is 6.07 Å². The summed E-state index contributed by atoms with van der Waals surface area (Å²) in [6, 6.07) is 4.85. The van der Waals surface area contributed by atoms with Crippen LogP contribution >= 0.6 is 0 Å². The molecular weight excluding hydrogens is 257 g/mol. The Kier molecular flexibility index (Phi) is 4.84. The lowest BCUT2D eigenvalue weighted by Gasteiger charge is -2.11. The van der Waals surface area contributed by atoms with Crippen LogP contribution in [-0.2, 0) is 0 Å². The van der Waals surface area contributed by atoms with E-state index in [4.69, 9.17) is 4.42 Å². The summed E-state index contributed by atoms with van der Waals surface area (Å²) >= 11 is 0. The molecule has 4 nitrogen and oxygen atoms in total. The van der Waals surface area contributed by atoms with Crippen LogP contribution in [-0.4, -0.2) is 16.7 Å². The van der Waals surface area contributed by atoms with Crippen molar-refractivity contribution in [2.45, 2.75) is 39.7 Å². The molecule has 1 heterocycles. The van der Waals surface area contributed by atoms with Crippen LogP contribution in [0.1, 0.15) is 44.2 Å². The van der Waals surface area contributed by atoms with Crippen LogP contribution in [0.4, 0.5) is 4.39 Å². The molecule has 0 aliphatic carbocycles. The topological polar surface area (TPSA) is 51.0 Å². The Bertz CT molecular complexity index is 568. The number of aryl methyl sites for hydroxylation is 1. The van der Waals surface area contributed by atoms with E-state index in [2.05, 4.69) is 29.4 Å². The number of nitrogens with zero attached hydrogens (tertiary/aromatic N) is 2. The molecule has 1 aromatic heterocycles. The van der Waals surface area contributed by atoms with Crippen molar-refractivity contribution in [2.75, 3.05) is 6.54 Å². The highest BCUT2D eigenvalue weighted by Crippen LogP contribution is 2.23. The van der Waals surface area contributed by atoms with Gasteiger partial charge in [0.1, 0.15) is 5.82 Å². The minimum atomic E-state index is -0.232. The maximum absolute atomic E-state index is 13.3. The maximum Gasteiger partial charge on any atom is 0.247 e. The number of rotatable bonds is 6. The minimum Gasteiger partial charge on any atom is -0.419 e. The standard InChI is InChI=1S/C15H20FN3O/c1-4-8-17-13(5-2)15-19-18-14(20-15)11-6-7-12(16)10(3)9-11/h6-7,9,13,17H,4-5,8H2,1-3H3. The first-order valence-electron chi connectivity index (χ1n) is 6.99. The lowest BCUT2D eigenvalue weighted by atomic mass is 10.1. The molecule has 1 aromatic carbocycles. The van der Waals surface area contributed by atoms with E-state index in [9.17, 15) is 4.39 Å². The van der Waals surface area contributed by atoms with Crippen LogP contribution in [0.2, 0.25) is 0 Å². The lowest BCUT2D eigenvalue weighted by molar-refractivity contribution is 0.396. The molecule has 108 valence electrons. The van der Waals surface area contributed by atoms with Gasteiger partial charge in [-0.05, 0) is 50.1 Å². The monoisotopic (exact) mass is 277 g/mol. The molecule has 1 atom stereocenters. The first-order chi connectivity index (χ1) is 9.65. The van der Waals surface area contributed by atoms with E-state index >= 15 is 0 Å². The van der Waals surface area contributed by atoms with E-state index in [-0.39, 0.29) is 11.9 Å². The number of hydrogen-bond donors (Lipinski definition) is 1. The smallest absolute Gasteiger partial charge is 0.247 e. The molecule has 0 spiro atoms. The summed E-state index contributed by atoms with van der Waals surface area (Å²) in [5.41, 5.74) is 1.31. The SMILES string of the molecule is CCCNC(CC)c1nnc(-c2ccc(F)c(C)c2)o1. The van der Waals surface area contributed by atoms with Gasteiger partial charge in [0, 0.05) is 5.56 Å². The molecule has 20 heavy (non-hydrogen) atoms. The average molecular weight is 277 g/mol. The Morgan fingerprint density at radius 1 is 1.30 bits per heavy atom. The van der Waals surface area contributed by atoms with Gasteiger partial charge in [-0.15, -0.1) is 10.2 Å². The fraction of sp³-hybridized carbons (Fsp3) is 0.467. The summed E-state index contributed by atoms with van der Waals surface area (Å²) in [7, 11) is 0. The summed E-state index contributed by atoms with van der Waals surface area (Å²) in [6.07, 6.45) is 1.93. The van der Waals surface area contributed by atoms with Crippen LogP contribution in [0.5, 0.6) is 0 Å². The third-order valence-corrected chi connectivity index (χ3v) is 3.19. The third kappa shape index (κ3) is 3.22. The van der Waals surface area contributed by atoms with Crippen molar-refractivity contribution in [3.63, 3.8) is 0 Å². The summed E-state index contributed by atoms with van der Waals surface area (Å²) < 4.78 is 19.0. The van der Waals surface area contributed by atoms with Gasteiger partial charge in [0.15, 0.2) is 0 Å². The van der Waals surface area contributed by atoms with E-state index < -0.39 is 0 Å². The van der Waals surface area contributed by atoms with Crippen molar-refractivity contribution < 1.29 is 8.81 Å². The molecule has 0 bridgehead atoms. The maximum atomic E-state index is 13.3. The Morgan fingerprint density at radius 2 is 2.10 bits per heavy atom. The Morgan fingerprint density at radius 3 is 2.75 bits per heavy atom. The number of hydrogen-bond acceptors (Lipinski definition) is 4. The molecule has 1 N–H and O–H groups in total. The Hall–Kier alpha value is -1.75. The van der Waals surface area contributed by atoms with Crippen molar-refractivity contribution >= 4 is 0 Å². The number of nitrogens with one attached hydrogen (secondary N) is 1. The molecule has 5 heteroatoms. The normalized spacial score (nSPS) is 12.6. The molecule has 2 rings (SSSR count). The highest BCUT2D eigenvalue weighted by molar-refractivity contribution is 5.53. The quantitative estimate of drug-likeness (QED) is 0.876. The van der Waals surface area contributed by atoms with Gasteiger partial charge >= 0.3 is 0 Å². The average Bonchev–Trinajstić information content (AvgIpc) is 2.92. The molecule has 0 saturated carbocycles. The molecule has 0 fully saturated rings. The molecule has 0 saturated heterocycles. The Balaban J connectivity index is 2.20. The minimum absolute atomic E-state index is 0.0674. The molecule has 0 aliphatic rings. The first kappa shape index (κ1) is 14.7. The second-order valence-corrected chi connectivity index (χ2v) is 4.82. The van der Waals surface area contributed by atoms with Crippen molar-refractivity contribution in [3.05, 3.63) is 35.5 Å². The fourth-order valence-corrected chi connectivity index (χ4v) is 1.99. The third-order valence-electron chi connectivity index (χ3n) is 3.19. The van der Waals surface area contributed by atoms with Crippen molar-refractivity contribution in [3.8, 4) is 11.5 Å².